The topological polar surface area (TPSA) is 202 Å². The van der Waals surface area contributed by atoms with Gasteiger partial charge in [-0.15, -0.1) is 0 Å². The van der Waals surface area contributed by atoms with Crippen LogP contribution in [-0.2, 0) is 32.4 Å². The zero-order valence-electron chi connectivity index (χ0n) is 16.3. The van der Waals surface area contributed by atoms with E-state index in [-0.39, 0.29) is 42.7 Å². The molecule has 2 saturated heterocycles. The Kier molecular flexibility index (Phi) is 6.07. The standard InChI is InChI=1S/C15H21N6O9P/c1-7(23)26-6-28-31(25)27-4-8-11(30-31)10(24)14(29-8)21-13-9(12(16)18-5-19-13)20-15(21)17-2-3-22/h5,8,10-11,14,22,24H,2-4,6H2,1H3,(H,17,20)(H2,16,18,19)/t8-,10+,11+,14+,31?/m0/s1. The Morgan fingerprint density at radius 2 is 2.29 bits per heavy atom. The van der Waals surface area contributed by atoms with Crippen LogP contribution in [0.1, 0.15) is 13.2 Å². The minimum absolute atomic E-state index is 0.114. The van der Waals surface area contributed by atoms with Crippen LogP contribution in [-0.4, -0.2) is 80.6 Å². The number of esters is 1. The minimum atomic E-state index is -4.10. The maximum absolute atomic E-state index is 12.6. The Labute approximate surface area is 175 Å². The van der Waals surface area contributed by atoms with E-state index in [0.717, 1.165) is 6.92 Å². The number of aliphatic hydroxyl groups is 2. The second kappa shape index (κ2) is 8.63. The first kappa shape index (κ1) is 21.8. The summed E-state index contributed by atoms with van der Waals surface area (Å²) < 4.78 is 40.0. The molecular weight excluding hydrogens is 439 g/mol. The zero-order chi connectivity index (χ0) is 22.2. The van der Waals surface area contributed by atoms with Crippen molar-refractivity contribution >= 4 is 36.7 Å². The average Bonchev–Trinajstić information content (AvgIpc) is 3.24. The van der Waals surface area contributed by atoms with Crippen LogP contribution in [0, 0.1) is 0 Å². The lowest BCUT2D eigenvalue weighted by Gasteiger charge is -2.30. The van der Waals surface area contributed by atoms with Gasteiger partial charge in [0.25, 0.3) is 0 Å². The number of hydrogen-bond donors (Lipinski definition) is 4. The van der Waals surface area contributed by atoms with Gasteiger partial charge in [-0.1, -0.05) is 0 Å². The van der Waals surface area contributed by atoms with Crippen LogP contribution >= 0.6 is 7.82 Å². The highest BCUT2D eigenvalue weighted by Gasteiger charge is 2.54. The van der Waals surface area contributed by atoms with Gasteiger partial charge < -0.3 is 30.7 Å². The second-order valence-corrected chi connectivity index (χ2v) is 8.26. The number of aromatic nitrogens is 4. The minimum Gasteiger partial charge on any atom is -0.438 e. The summed E-state index contributed by atoms with van der Waals surface area (Å²) in [7, 11) is -4.10. The maximum atomic E-state index is 12.6. The number of carbonyl (C=O) groups excluding carboxylic acids is 1. The summed E-state index contributed by atoms with van der Waals surface area (Å²) in [5.41, 5.74) is 6.41. The van der Waals surface area contributed by atoms with E-state index in [9.17, 15) is 14.5 Å². The third-order valence-electron chi connectivity index (χ3n) is 4.58. The highest BCUT2D eigenvalue weighted by molar-refractivity contribution is 7.48. The second-order valence-electron chi connectivity index (χ2n) is 6.64. The van der Waals surface area contributed by atoms with Gasteiger partial charge in [0.05, 0.1) is 13.2 Å². The van der Waals surface area contributed by atoms with Gasteiger partial charge in [-0.25, -0.2) is 24.0 Å². The summed E-state index contributed by atoms with van der Waals surface area (Å²) in [4.78, 5) is 23.2. The molecule has 5 N–H and O–H groups in total. The number of ether oxygens (including phenoxy) is 2. The van der Waals surface area contributed by atoms with Crippen LogP contribution in [0.5, 0.6) is 0 Å². The molecular formula is C15H21N6O9P. The fourth-order valence-electron chi connectivity index (χ4n) is 3.24. The molecule has 2 aliphatic rings. The SMILES string of the molecule is CC(=O)OCOP1(=O)OC[C@@H]2O[C@@H](n3c(NCCO)nc4c(N)ncnc43)[C@H](O)[C@@H]2O1. The summed E-state index contributed by atoms with van der Waals surface area (Å²) in [6.45, 7) is 0.292. The number of rotatable bonds is 7. The lowest BCUT2D eigenvalue weighted by Crippen LogP contribution is -2.39. The maximum Gasteiger partial charge on any atom is 0.478 e. The number of phosphoric ester groups is 1. The van der Waals surface area contributed by atoms with E-state index in [1.165, 1.54) is 10.9 Å². The number of nitrogen functional groups attached to an aromatic ring is 1. The van der Waals surface area contributed by atoms with E-state index < -0.39 is 45.1 Å². The van der Waals surface area contributed by atoms with E-state index in [1.54, 1.807) is 0 Å². The number of fused-ring (bicyclic) bond motifs is 2. The van der Waals surface area contributed by atoms with E-state index >= 15 is 0 Å². The molecule has 5 atom stereocenters. The van der Waals surface area contributed by atoms with Crippen molar-refractivity contribution in [3.63, 3.8) is 0 Å². The summed E-state index contributed by atoms with van der Waals surface area (Å²) >= 11 is 0. The van der Waals surface area contributed by atoms with E-state index in [1.807, 2.05) is 0 Å². The molecule has 4 rings (SSSR count). The Balaban J connectivity index is 1.60. The van der Waals surface area contributed by atoms with Crippen LogP contribution in [0.2, 0.25) is 0 Å². The molecule has 2 aromatic rings. The quantitative estimate of drug-likeness (QED) is 0.225. The Bertz CT molecular complexity index is 1020. The molecule has 4 heterocycles. The lowest BCUT2D eigenvalue weighted by molar-refractivity contribution is -0.150. The molecule has 15 nitrogen and oxygen atoms in total. The van der Waals surface area contributed by atoms with E-state index in [2.05, 4.69) is 25.0 Å². The number of carbonyl (C=O) groups is 1. The number of aliphatic hydroxyl groups excluding tert-OH is 2. The lowest BCUT2D eigenvalue weighted by atomic mass is 10.1. The van der Waals surface area contributed by atoms with Gasteiger partial charge >= 0.3 is 13.8 Å². The van der Waals surface area contributed by atoms with Gasteiger partial charge in [-0.05, 0) is 0 Å². The molecule has 0 spiro atoms. The fourth-order valence-corrected chi connectivity index (χ4v) is 4.51. The van der Waals surface area contributed by atoms with Gasteiger partial charge in [0.2, 0.25) is 12.7 Å². The third-order valence-corrected chi connectivity index (χ3v) is 5.97. The van der Waals surface area contributed by atoms with Crippen LogP contribution in [0.4, 0.5) is 11.8 Å². The summed E-state index contributed by atoms with van der Waals surface area (Å²) in [6.07, 6.45) is -3.04. The molecule has 31 heavy (non-hydrogen) atoms. The molecule has 1 unspecified atom stereocenters. The number of nitrogens with zero attached hydrogens (tertiary/aromatic N) is 4. The summed E-state index contributed by atoms with van der Waals surface area (Å²) in [5.74, 6) is -0.306. The first-order valence-corrected chi connectivity index (χ1v) is 10.7. The molecule has 0 saturated carbocycles. The predicted molar refractivity (Wildman–Crippen MR) is 101 cm³/mol. The molecule has 0 amide bonds. The molecule has 2 fully saturated rings. The van der Waals surface area contributed by atoms with Crippen molar-refractivity contribution < 1.29 is 42.6 Å². The van der Waals surface area contributed by atoms with Crippen LogP contribution < -0.4 is 11.1 Å². The van der Waals surface area contributed by atoms with Crippen molar-refractivity contribution in [2.45, 2.75) is 31.5 Å². The highest BCUT2D eigenvalue weighted by Crippen LogP contribution is 2.56. The summed E-state index contributed by atoms with van der Waals surface area (Å²) in [5, 5.41) is 23.0. The molecule has 0 aromatic carbocycles. The highest BCUT2D eigenvalue weighted by atomic mass is 31.2. The molecule has 0 radical (unpaired) electrons. The van der Waals surface area contributed by atoms with Crippen LogP contribution in [0.3, 0.4) is 0 Å². The van der Waals surface area contributed by atoms with Gasteiger partial charge in [-0.3, -0.25) is 18.4 Å². The smallest absolute Gasteiger partial charge is 0.438 e. The first-order chi connectivity index (χ1) is 14.8. The fraction of sp³-hybridized carbons (Fsp3) is 0.600. The Morgan fingerprint density at radius 1 is 1.48 bits per heavy atom. The van der Waals surface area contributed by atoms with Crippen molar-refractivity contribution in [3.8, 4) is 0 Å². The molecule has 2 aromatic heterocycles. The average molecular weight is 460 g/mol. The van der Waals surface area contributed by atoms with Crippen molar-refractivity contribution in [1.82, 2.24) is 19.5 Å². The van der Waals surface area contributed by atoms with Crippen molar-refractivity contribution in [3.05, 3.63) is 6.33 Å². The normalized spacial score (nSPS) is 30.3. The van der Waals surface area contributed by atoms with Gasteiger partial charge in [0.15, 0.2) is 23.2 Å². The number of phosphoric acid groups is 1. The number of nitrogens with one attached hydrogen (secondary N) is 1. The third kappa shape index (κ3) is 4.21. The zero-order valence-corrected chi connectivity index (χ0v) is 17.2. The number of imidazole rings is 1. The van der Waals surface area contributed by atoms with Crippen LogP contribution in [0.25, 0.3) is 11.2 Å². The molecule has 2 aliphatic heterocycles. The molecule has 0 bridgehead atoms. The van der Waals surface area contributed by atoms with E-state index in [0.29, 0.717) is 0 Å². The number of hydrogen-bond acceptors (Lipinski definition) is 14. The van der Waals surface area contributed by atoms with Crippen LogP contribution in [0.15, 0.2) is 6.33 Å². The Morgan fingerprint density at radius 3 is 3.03 bits per heavy atom. The predicted octanol–water partition coefficient (Wildman–Crippen LogP) is -0.868. The Hall–Kier alpha value is -2.39. The number of nitrogens with two attached hydrogens (primary N) is 1. The van der Waals surface area contributed by atoms with Crippen molar-refractivity contribution in [2.75, 3.05) is 37.6 Å². The monoisotopic (exact) mass is 460 g/mol. The molecule has 16 heteroatoms. The van der Waals surface area contributed by atoms with Gasteiger partial charge in [0.1, 0.15) is 24.6 Å². The van der Waals surface area contributed by atoms with Crippen molar-refractivity contribution in [1.29, 1.82) is 0 Å². The van der Waals surface area contributed by atoms with Crippen molar-refractivity contribution in [2.24, 2.45) is 0 Å². The molecule has 0 aliphatic carbocycles. The van der Waals surface area contributed by atoms with E-state index in [4.69, 9.17) is 29.1 Å². The summed E-state index contributed by atoms with van der Waals surface area (Å²) in [6, 6.07) is 0. The molecule has 170 valence electrons. The number of anilines is 2. The van der Waals surface area contributed by atoms with Gasteiger partial charge in [-0.2, -0.15) is 0 Å². The van der Waals surface area contributed by atoms with Gasteiger partial charge in [0, 0.05) is 13.5 Å². The largest absolute Gasteiger partial charge is 0.478 e. The first-order valence-electron chi connectivity index (χ1n) is 9.20.